The van der Waals surface area contributed by atoms with Crippen LogP contribution >= 0.6 is 0 Å². The van der Waals surface area contributed by atoms with Crippen molar-refractivity contribution in [2.75, 3.05) is 0 Å². The van der Waals surface area contributed by atoms with Gasteiger partial charge in [0.15, 0.2) is 9.84 Å². The lowest BCUT2D eigenvalue weighted by Crippen LogP contribution is -2.15. The van der Waals surface area contributed by atoms with Crippen molar-refractivity contribution in [2.45, 2.75) is 29.0 Å². The molecule has 110 valence electrons. The Labute approximate surface area is 123 Å². The van der Waals surface area contributed by atoms with E-state index in [0.717, 1.165) is 5.56 Å². The first kappa shape index (κ1) is 14.2. The number of aryl methyl sites for hydroxylation is 1. The van der Waals surface area contributed by atoms with Gasteiger partial charge in [0.1, 0.15) is 5.82 Å². The standard InChI is InChI=1S/C16H16FNO2S/c1-10-5-7-13(8-6-10)21(19,20)16-14(15(16)18)11-3-2-4-12(17)9-11/h2-9,14-16H,18H2,1H3/t14-,15+,16+/m0/s1. The van der Waals surface area contributed by atoms with Crippen LogP contribution in [0.4, 0.5) is 4.39 Å². The van der Waals surface area contributed by atoms with Gasteiger partial charge in [-0.15, -0.1) is 0 Å². The van der Waals surface area contributed by atoms with Crippen molar-refractivity contribution < 1.29 is 12.8 Å². The van der Waals surface area contributed by atoms with Gasteiger partial charge in [-0.1, -0.05) is 29.8 Å². The van der Waals surface area contributed by atoms with Crippen LogP contribution in [-0.4, -0.2) is 19.7 Å². The van der Waals surface area contributed by atoms with Crippen molar-refractivity contribution in [3.8, 4) is 0 Å². The Kier molecular flexibility index (Phi) is 3.34. The Morgan fingerprint density at radius 1 is 1.10 bits per heavy atom. The second-order valence-electron chi connectivity index (χ2n) is 5.48. The molecule has 0 bridgehead atoms. The van der Waals surface area contributed by atoms with Gasteiger partial charge < -0.3 is 5.73 Å². The van der Waals surface area contributed by atoms with Gasteiger partial charge in [0, 0.05) is 12.0 Å². The zero-order valence-electron chi connectivity index (χ0n) is 11.5. The molecule has 1 saturated carbocycles. The molecule has 3 rings (SSSR count). The molecule has 0 radical (unpaired) electrons. The molecule has 0 amide bonds. The third-order valence-corrected chi connectivity index (χ3v) is 6.20. The van der Waals surface area contributed by atoms with Gasteiger partial charge in [-0.2, -0.15) is 0 Å². The molecule has 1 aliphatic rings. The molecule has 0 aliphatic heterocycles. The predicted molar refractivity (Wildman–Crippen MR) is 79.3 cm³/mol. The van der Waals surface area contributed by atoms with Gasteiger partial charge in [0.25, 0.3) is 0 Å². The summed E-state index contributed by atoms with van der Waals surface area (Å²) in [5, 5.41) is -0.679. The summed E-state index contributed by atoms with van der Waals surface area (Å²) < 4.78 is 38.5. The second-order valence-corrected chi connectivity index (χ2v) is 7.59. The largest absolute Gasteiger partial charge is 0.326 e. The van der Waals surface area contributed by atoms with Crippen LogP contribution in [0.15, 0.2) is 53.4 Å². The number of hydrogen-bond donors (Lipinski definition) is 1. The number of sulfone groups is 1. The summed E-state index contributed by atoms with van der Waals surface area (Å²) >= 11 is 0. The number of benzene rings is 2. The van der Waals surface area contributed by atoms with Gasteiger partial charge in [0.2, 0.25) is 0 Å². The molecule has 21 heavy (non-hydrogen) atoms. The highest BCUT2D eigenvalue weighted by Gasteiger charge is 2.57. The van der Waals surface area contributed by atoms with E-state index in [1.54, 1.807) is 36.4 Å². The first-order valence-electron chi connectivity index (χ1n) is 6.73. The maximum Gasteiger partial charge on any atom is 0.183 e. The summed E-state index contributed by atoms with van der Waals surface area (Å²) in [4.78, 5) is 0.271. The number of rotatable bonds is 3. The fourth-order valence-electron chi connectivity index (χ4n) is 2.72. The molecule has 2 N–H and O–H groups in total. The fraction of sp³-hybridized carbons (Fsp3) is 0.250. The van der Waals surface area contributed by atoms with Crippen LogP contribution in [-0.2, 0) is 9.84 Å². The van der Waals surface area contributed by atoms with E-state index >= 15 is 0 Å². The van der Waals surface area contributed by atoms with E-state index in [4.69, 9.17) is 5.73 Å². The minimum atomic E-state index is -3.49. The van der Waals surface area contributed by atoms with Crippen LogP contribution in [0.2, 0.25) is 0 Å². The van der Waals surface area contributed by atoms with Gasteiger partial charge in [0.05, 0.1) is 10.1 Å². The van der Waals surface area contributed by atoms with Gasteiger partial charge in [-0.25, -0.2) is 12.8 Å². The molecule has 3 atom stereocenters. The quantitative estimate of drug-likeness (QED) is 0.947. The molecule has 1 aliphatic carbocycles. The Balaban J connectivity index is 1.93. The lowest BCUT2D eigenvalue weighted by Gasteiger charge is -2.04. The fourth-order valence-corrected chi connectivity index (χ4v) is 4.76. The SMILES string of the molecule is Cc1ccc(S(=O)(=O)[C@H]2[C@H](N)[C@@H]2c2cccc(F)c2)cc1. The predicted octanol–water partition coefficient (Wildman–Crippen LogP) is 2.40. The molecule has 0 spiro atoms. The highest BCUT2D eigenvalue weighted by atomic mass is 32.2. The summed E-state index contributed by atoms with van der Waals surface area (Å²) in [7, 11) is -3.49. The summed E-state index contributed by atoms with van der Waals surface area (Å²) in [6.07, 6.45) is 0. The van der Waals surface area contributed by atoms with Crippen LogP contribution in [0, 0.1) is 12.7 Å². The summed E-state index contributed by atoms with van der Waals surface area (Å²) in [6, 6.07) is 12.2. The topological polar surface area (TPSA) is 60.2 Å². The Morgan fingerprint density at radius 2 is 1.76 bits per heavy atom. The van der Waals surface area contributed by atoms with Crippen molar-refractivity contribution >= 4 is 9.84 Å². The molecule has 5 heteroatoms. The minimum absolute atomic E-state index is 0.271. The number of halogens is 1. The van der Waals surface area contributed by atoms with Crippen molar-refractivity contribution in [1.29, 1.82) is 0 Å². The normalized spacial score (nSPS) is 24.8. The van der Waals surface area contributed by atoms with E-state index in [0.29, 0.717) is 5.56 Å². The summed E-state index contributed by atoms with van der Waals surface area (Å²) in [6.45, 7) is 1.90. The monoisotopic (exact) mass is 305 g/mol. The van der Waals surface area contributed by atoms with Crippen LogP contribution in [0.3, 0.4) is 0 Å². The first-order chi connectivity index (χ1) is 9.91. The molecular weight excluding hydrogens is 289 g/mol. The zero-order valence-corrected chi connectivity index (χ0v) is 12.3. The average Bonchev–Trinajstić information content (AvgIpc) is 3.12. The van der Waals surface area contributed by atoms with E-state index in [9.17, 15) is 12.8 Å². The van der Waals surface area contributed by atoms with E-state index in [2.05, 4.69) is 0 Å². The molecule has 2 aromatic rings. The van der Waals surface area contributed by atoms with Crippen molar-refractivity contribution in [2.24, 2.45) is 5.73 Å². The second kappa shape index (κ2) is 4.93. The van der Waals surface area contributed by atoms with Gasteiger partial charge in [-0.3, -0.25) is 0 Å². The van der Waals surface area contributed by atoms with E-state index in [1.165, 1.54) is 12.1 Å². The molecule has 0 unspecified atom stereocenters. The van der Waals surface area contributed by atoms with E-state index in [-0.39, 0.29) is 16.6 Å². The Bertz CT molecular complexity index is 771. The van der Waals surface area contributed by atoms with Crippen molar-refractivity contribution in [3.05, 3.63) is 65.5 Å². The smallest absolute Gasteiger partial charge is 0.183 e. The maximum atomic E-state index is 13.3. The highest BCUT2D eigenvalue weighted by molar-refractivity contribution is 7.92. The molecule has 0 saturated heterocycles. The molecule has 3 nitrogen and oxygen atoms in total. The van der Waals surface area contributed by atoms with Crippen LogP contribution in [0.5, 0.6) is 0 Å². The zero-order chi connectivity index (χ0) is 15.2. The third-order valence-electron chi connectivity index (χ3n) is 3.95. The number of hydrogen-bond acceptors (Lipinski definition) is 3. The lowest BCUT2D eigenvalue weighted by molar-refractivity contribution is 0.593. The lowest BCUT2D eigenvalue weighted by atomic mass is 10.1. The summed E-state index contributed by atoms with van der Waals surface area (Å²) in [5.74, 6) is -0.718. The van der Waals surface area contributed by atoms with E-state index in [1.807, 2.05) is 6.92 Å². The molecule has 1 fully saturated rings. The van der Waals surface area contributed by atoms with Crippen molar-refractivity contribution in [3.63, 3.8) is 0 Å². The highest BCUT2D eigenvalue weighted by Crippen LogP contribution is 2.47. The van der Waals surface area contributed by atoms with Crippen LogP contribution < -0.4 is 5.73 Å². The Morgan fingerprint density at radius 3 is 2.38 bits per heavy atom. The molecule has 0 heterocycles. The molecule has 2 aromatic carbocycles. The first-order valence-corrected chi connectivity index (χ1v) is 8.27. The van der Waals surface area contributed by atoms with Crippen LogP contribution in [0.25, 0.3) is 0 Å². The van der Waals surface area contributed by atoms with Gasteiger partial charge in [-0.05, 0) is 36.8 Å². The molecule has 0 aromatic heterocycles. The molecular formula is C16H16FNO2S. The maximum absolute atomic E-state index is 13.3. The minimum Gasteiger partial charge on any atom is -0.326 e. The van der Waals surface area contributed by atoms with E-state index < -0.39 is 21.1 Å². The average molecular weight is 305 g/mol. The third kappa shape index (κ3) is 2.47. The summed E-state index contributed by atoms with van der Waals surface area (Å²) in [5.41, 5.74) is 7.58. The van der Waals surface area contributed by atoms with Crippen LogP contribution in [0.1, 0.15) is 17.0 Å². The Hall–Kier alpha value is -1.72. The van der Waals surface area contributed by atoms with Crippen molar-refractivity contribution in [1.82, 2.24) is 0 Å². The number of nitrogens with two attached hydrogens (primary N) is 1. The van der Waals surface area contributed by atoms with Gasteiger partial charge >= 0.3 is 0 Å².